The molecule has 0 atom stereocenters. The molecule has 4 N–H and O–H groups in total. The molecule has 9 nitrogen and oxygen atoms in total. The van der Waals surface area contributed by atoms with Crippen molar-refractivity contribution in [3.63, 3.8) is 0 Å². The average molecular weight is 557 g/mol. The summed E-state index contributed by atoms with van der Waals surface area (Å²) in [5.41, 5.74) is 11.1. The second-order valence-electron chi connectivity index (χ2n) is 10.6. The molecule has 2 amide bonds. The number of carbonyl (C=O) groups excluding carboxylic acids is 2. The smallest absolute Gasteiger partial charge is 0.247 e. The molecule has 2 fully saturated rings. The number of hydrogen-bond acceptors (Lipinski definition) is 7. The highest BCUT2D eigenvalue weighted by Gasteiger charge is 2.57. The lowest BCUT2D eigenvalue weighted by Gasteiger charge is -2.27. The van der Waals surface area contributed by atoms with Gasteiger partial charge >= 0.3 is 0 Å². The molecule has 0 saturated heterocycles. The van der Waals surface area contributed by atoms with E-state index in [0.717, 1.165) is 12.8 Å². The van der Waals surface area contributed by atoms with Crippen LogP contribution in [0.3, 0.4) is 0 Å². The molecule has 10 heteroatoms. The number of hydrogen-bond donors (Lipinski definition) is 2. The minimum absolute atomic E-state index is 0.0162. The molecule has 1 heterocycles. The van der Waals surface area contributed by atoms with Crippen LogP contribution in [-0.4, -0.2) is 36.1 Å². The van der Waals surface area contributed by atoms with Gasteiger partial charge in [0.05, 0.1) is 23.9 Å². The van der Waals surface area contributed by atoms with Gasteiger partial charge in [-0.15, -0.1) is 0 Å². The summed E-state index contributed by atoms with van der Waals surface area (Å²) in [6.07, 6.45) is 4.06. The highest BCUT2D eigenvalue weighted by atomic mass is 19.1. The normalized spacial score (nSPS) is 16.1. The standard InChI is InChI=1S/C31H29FN4O5/c1-39-26-16-21-23(17-27(26)40-18-30(34)10-11-30)35-14-9-25(21)41-20-7-8-24(22(32)15-20)36(19-5-3-2-4-6-19)29(38)31(12-13-31)28(33)37/h2-9,14-17H,10-13,18,34H2,1H3,(H2,33,37). The van der Waals surface area contributed by atoms with Crippen molar-refractivity contribution in [3.8, 4) is 23.0 Å². The minimum Gasteiger partial charge on any atom is -0.493 e. The van der Waals surface area contributed by atoms with Crippen LogP contribution in [0.1, 0.15) is 25.7 Å². The third kappa shape index (κ3) is 5.02. The SMILES string of the molecule is COc1cc2c(Oc3ccc(N(C(=O)C4(C(N)=O)CC4)c4ccccc4)c(F)c3)ccnc2cc1OCC1(N)CC1. The number of anilines is 2. The van der Waals surface area contributed by atoms with Crippen molar-refractivity contribution < 1.29 is 28.2 Å². The molecule has 0 bridgehead atoms. The molecule has 2 saturated carbocycles. The lowest BCUT2D eigenvalue weighted by atomic mass is 10.0. The maximum absolute atomic E-state index is 15.7. The lowest BCUT2D eigenvalue weighted by molar-refractivity contribution is -0.133. The number of ether oxygens (including phenoxy) is 3. The summed E-state index contributed by atoms with van der Waals surface area (Å²) in [4.78, 5) is 31.3. The van der Waals surface area contributed by atoms with E-state index in [9.17, 15) is 9.59 Å². The van der Waals surface area contributed by atoms with Crippen LogP contribution in [0.4, 0.5) is 15.8 Å². The molecule has 3 aromatic carbocycles. The van der Waals surface area contributed by atoms with Gasteiger partial charge in [0, 0.05) is 29.4 Å². The number of benzene rings is 3. The molecule has 41 heavy (non-hydrogen) atoms. The highest BCUT2D eigenvalue weighted by Crippen LogP contribution is 2.49. The monoisotopic (exact) mass is 556 g/mol. The number of methoxy groups -OCH3 is 1. The molecular formula is C31H29FN4O5. The minimum atomic E-state index is -1.33. The van der Waals surface area contributed by atoms with Gasteiger partial charge in [-0.05, 0) is 62.1 Å². The summed E-state index contributed by atoms with van der Waals surface area (Å²) in [5, 5.41) is 0.633. The van der Waals surface area contributed by atoms with E-state index >= 15 is 4.39 Å². The van der Waals surface area contributed by atoms with E-state index in [1.165, 1.54) is 24.1 Å². The van der Waals surface area contributed by atoms with E-state index in [4.69, 9.17) is 25.7 Å². The first-order chi connectivity index (χ1) is 19.7. The van der Waals surface area contributed by atoms with Gasteiger partial charge in [0.2, 0.25) is 11.8 Å². The van der Waals surface area contributed by atoms with Crippen molar-refractivity contribution >= 4 is 34.1 Å². The Hall–Kier alpha value is -4.70. The highest BCUT2D eigenvalue weighted by molar-refractivity contribution is 6.16. The summed E-state index contributed by atoms with van der Waals surface area (Å²) >= 11 is 0. The number of nitrogens with zero attached hydrogens (tertiary/aromatic N) is 2. The van der Waals surface area contributed by atoms with Gasteiger partial charge < -0.3 is 25.7 Å². The maximum atomic E-state index is 15.7. The van der Waals surface area contributed by atoms with E-state index in [1.54, 1.807) is 60.8 Å². The van der Waals surface area contributed by atoms with Crippen LogP contribution in [0.15, 0.2) is 72.9 Å². The number of aromatic nitrogens is 1. The van der Waals surface area contributed by atoms with Crippen LogP contribution in [0.5, 0.6) is 23.0 Å². The molecule has 0 spiro atoms. The Morgan fingerprint density at radius 3 is 2.37 bits per heavy atom. The van der Waals surface area contributed by atoms with Crippen LogP contribution in [0, 0.1) is 11.2 Å². The van der Waals surface area contributed by atoms with Gasteiger partial charge in [0.1, 0.15) is 23.5 Å². The summed E-state index contributed by atoms with van der Waals surface area (Å²) in [6.45, 7) is 0.375. The number of halogens is 1. The van der Waals surface area contributed by atoms with Crippen molar-refractivity contribution in [2.75, 3.05) is 18.6 Å². The Balaban J connectivity index is 1.31. The summed E-state index contributed by atoms with van der Waals surface area (Å²) in [7, 11) is 1.54. The van der Waals surface area contributed by atoms with Crippen molar-refractivity contribution in [2.24, 2.45) is 16.9 Å². The molecule has 0 unspecified atom stereocenters. The first-order valence-electron chi connectivity index (χ1n) is 13.3. The van der Waals surface area contributed by atoms with Crippen LogP contribution >= 0.6 is 0 Å². The number of amides is 2. The average Bonchev–Trinajstić information content (AvgIpc) is 3.90. The molecule has 0 radical (unpaired) electrons. The zero-order chi connectivity index (χ0) is 28.8. The Labute approximate surface area is 235 Å². The van der Waals surface area contributed by atoms with Gasteiger partial charge in [0.15, 0.2) is 17.3 Å². The maximum Gasteiger partial charge on any atom is 0.247 e. The van der Waals surface area contributed by atoms with Gasteiger partial charge in [-0.3, -0.25) is 19.5 Å². The molecule has 6 rings (SSSR count). The van der Waals surface area contributed by atoms with Crippen LogP contribution in [-0.2, 0) is 9.59 Å². The zero-order valence-corrected chi connectivity index (χ0v) is 22.4. The topological polar surface area (TPSA) is 130 Å². The fourth-order valence-electron chi connectivity index (χ4n) is 4.72. The van der Waals surface area contributed by atoms with Crippen LogP contribution in [0.2, 0.25) is 0 Å². The van der Waals surface area contributed by atoms with Crippen LogP contribution < -0.4 is 30.6 Å². The van der Waals surface area contributed by atoms with Crippen LogP contribution in [0.25, 0.3) is 10.9 Å². The summed E-state index contributed by atoms with van der Waals surface area (Å²) < 4.78 is 33.2. The number of rotatable bonds is 10. The summed E-state index contributed by atoms with van der Waals surface area (Å²) in [5.74, 6) is -0.348. The molecule has 4 aromatic rings. The Kier molecular flexibility index (Phi) is 6.50. The van der Waals surface area contributed by atoms with E-state index < -0.39 is 23.0 Å². The lowest BCUT2D eigenvalue weighted by Crippen LogP contribution is -2.41. The van der Waals surface area contributed by atoms with Gasteiger partial charge in [-0.2, -0.15) is 0 Å². The predicted molar refractivity (Wildman–Crippen MR) is 151 cm³/mol. The third-order valence-corrected chi connectivity index (χ3v) is 7.63. The van der Waals surface area contributed by atoms with E-state index in [2.05, 4.69) is 4.98 Å². The number of para-hydroxylation sites is 1. The zero-order valence-electron chi connectivity index (χ0n) is 22.4. The van der Waals surface area contributed by atoms with E-state index in [0.29, 0.717) is 53.3 Å². The molecule has 2 aliphatic carbocycles. The quantitative estimate of drug-likeness (QED) is 0.264. The molecule has 0 aliphatic heterocycles. The number of nitrogens with two attached hydrogens (primary N) is 2. The number of carbonyl (C=O) groups is 2. The largest absolute Gasteiger partial charge is 0.493 e. The van der Waals surface area contributed by atoms with E-state index in [1.807, 2.05) is 0 Å². The van der Waals surface area contributed by atoms with Crippen molar-refractivity contribution in [1.82, 2.24) is 4.98 Å². The van der Waals surface area contributed by atoms with Crippen molar-refractivity contribution in [2.45, 2.75) is 31.2 Å². The summed E-state index contributed by atoms with van der Waals surface area (Å²) in [6, 6.07) is 18.0. The fraction of sp³-hybridized carbons (Fsp3) is 0.258. The Morgan fingerprint density at radius 1 is 0.976 bits per heavy atom. The molecular weight excluding hydrogens is 527 g/mol. The molecule has 210 valence electrons. The van der Waals surface area contributed by atoms with Crippen molar-refractivity contribution in [3.05, 3.63) is 78.7 Å². The van der Waals surface area contributed by atoms with E-state index in [-0.39, 0.29) is 17.0 Å². The Morgan fingerprint density at radius 2 is 1.73 bits per heavy atom. The number of fused-ring (bicyclic) bond motifs is 1. The van der Waals surface area contributed by atoms with Gasteiger partial charge in [-0.1, -0.05) is 18.2 Å². The van der Waals surface area contributed by atoms with Gasteiger partial charge in [0.25, 0.3) is 0 Å². The second-order valence-corrected chi connectivity index (χ2v) is 10.6. The fourth-order valence-corrected chi connectivity index (χ4v) is 4.72. The Bertz CT molecular complexity index is 1650. The first kappa shape index (κ1) is 26.5. The second kappa shape index (κ2) is 10.0. The number of primary amides is 1. The molecule has 1 aromatic heterocycles. The van der Waals surface area contributed by atoms with Crippen molar-refractivity contribution in [1.29, 1.82) is 0 Å². The third-order valence-electron chi connectivity index (χ3n) is 7.63. The molecule has 2 aliphatic rings. The first-order valence-corrected chi connectivity index (χ1v) is 13.3. The predicted octanol–water partition coefficient (Wildman–Crippen LogP) is 4.98. The number of pyridine rings is 1. The van der Waals surface area contributed by atoms with Gasteiger partial charge in [-0.25, -0.2) is 4.39 Å².